The standard InChI is InChI=1S/C18H23N3O2/c1-4-14-11-17(23-20-14)16-6-5-9-21(16)18(22)19-15-10-12(2)7-8-13(15)3/h7-8,10-11,16H,4-6,9H2,1-3H3,(H,19,22)/t16-/m0/s1. The largest absolute Gasteiger partial charge is 0.359 e. The number of anilines is 1. The number of urea groups is 1. The number of carbonyl (C=O) groups excluding carboxylic acids is 1. The molecule has 2 amide bonds. The zero-order valence-electron chi connectivity index (χ0n) is 13.9. The van der Waals surface area contributed by atoms with Gasteiger partial charge in [-0.25, -0.2) is 4.79 Å². The number of aromatic nitrogens is 1. The Morgan fingerprint density at radius 3 is 2.96 bits per heavy atom. The van der Waals surface area contributed by atoms with Crippen molar-refractivity contribution in [2.75, 3.05) is 11.9 Å². The number of carbonyl (C=O) groups is 1. The molecule has 5 nitrogen and oxygen atoms in total. The van der Waals surface area contributed by atoms with Gasteiger partial charge in [0.05, 0.1) is 11.7 Å². The summed E-state index contributed by atoms with van der Waals surface area (Å²) in [4.78, 5) is 14.5. The number of rotatable bonds is 3. The quantitative estimate of drug-likeness (QED) is 0.923. The van der Waals surface area contributed by atoms with E-state index in [1.165, 1.54) is 0 Å². The third kappa shape index (κ3) is 3.23. The van der Waals surface area contributed by atoms with E-state index >= 15 is 0 Å². The van der Waals surface area contributed by atoms with E-state index in [0.717, 1.165) is 54.1 Å². The van der Waals surface area contributed by atoms with Crippen LogP contribution in [0.15, 0.2) is 28.8 Å². The summed E-state index contributed by atoms with van der Waals surface area (Å²) < 4.78 is 5.44. The van der Waals surface area contributed by atoms with E-state index in [0.29, 0.717) is 0 Å². The third-order valence-electron chi connectivity index (χ3n) is 4.42. The van der Waals surface area contributed by atoms with Gasteiger partial charge in [-0.15, -0.1) is 0 Å². The molecule has 0 radical (unpaired) electrons. The minimum Gasteiger partial charge on any atom is -0.359 e. The summed E-state index contributed by atoms with van der Waals surface area (Å²) in [6, 6.07) is 7.94. The molecule has 0 spiro atoms. The number of hydrogen-bond acceptors (Lipinski definition) is 3. The molecule has 1 atom stereocenters. The Morgan fingerprint density at radius 1 is 1.39 bits per heavy atom. The van der Waals surface area contributed by atoms with Crippen LogP contribution in [0, 0.1) is 13.8 Å². The van der Waals surface area contributed by atoms with Crippen molar-refractivity contribution in [2.45, 2.75) is 46.1 Å². The lowest BCUT2D eigenvalue weighted by molar-refractivity contribution is 0.195. The zero-order chi connectivity index (χ0) is 16.4. The van der Waals surface area contributed by atoms with Crippen molar-refractivity contribution in [1.82, 2.24) is 10.1 Å². The van der Waals surface area contributed by atoms with Gasteiger partial charge >= 0.3 is 6.03 Å². The number of benzene rings is 1. The molecule has 1 fully saturated rings. The van der Waals surface area contributed by atoms with Crippen molar-refractivity contribution < 1.29 is 9.32 Å². The molecule has 1 aromatic heterocycles. The van der Waals surface area contributed by atoms with Gasteiger partial charge in [-0.05, 0) is 50.3 Å². The summed E-state index contributed by atoms with van der Waals surface area (Å²) in [7, 11) is 0. The highest BCUT2D eigenvalue weighted by Crippen LogP contribution is 2.33. The molecule has 1 aromatic carbocycles. The van der Waals surface area contributed by atoms with E-state index in [4.69, 9.17) is 4.52 Å². The topological polar surface area (TPSA) is 58.4 Å². The van der Waals surface area contributed by atoms with Crippen LogP contribution in [0.4, 0.5) is 10.5 Å². The molecule has 0 saturated carbocycles. The monoisotopic (exact) mass is 313 g/mol. The Labute approximate surface area is 136 Å². The van der Waals surface area contributed by atoms with Gasteiger partial charge in [0.1, 0.15) is 0 Å². The van der Waals surface area contributed by atoms with Crippen molar-refractivity contribution in [2.24, 2.45) is 0 Å². The number of amides is 2. The molecular weight excluding hydrogens is 290 g/mol. The number of nitrogens with one attached hydrogen (secondary N) is 1. The van der Waals surface area contributed by atoms with Crippen LogP contribution in [0.5, 0.6) is 0 Å². The normalized spacial score (nSPS) is 17.5. The lowest BCUT2D eigenvalue weighted by Crippen LogP contribution is -2.34. The first kappa shape index (κ1) is 15.6. The minimum atomic E-state index is -0.0735. The van der Waals surface area contributed by atoms with Crippen LogP contribution in [0.25, 0.3) is 0 Å². The van der Waals surface area contributed by atoms with Crippen LogP contribution in [-0.4, -0.2) is 22.6 Å². The van der Waals surface area contributed by atoms with Gasteiger partial charge in [0.25, 0.3) is 0 Å². The Morgan fingerprint density at radius 2 is 2.22 bits per heavy atom. The predicted molar refractivity (Wildman–Crippen MR) is 89.5 cm³/mol. The summed E-state index contributed by atoms with van der Waals surface area (Å²) in [6.07, 6.45) is 2.73. The Balaban J connectivity index is 1.76. The lowest BCUT2D eigenvalue weighted by Gasteiger charge is -2.23. The average Bonchev–Trinajstić information content (AvgIpc) is 3.18. The fourth-order valence-corrected chi connectivity index (χ4v) is 3.02. The van der Waals surface area contributed by atoms with Gasteiger partial charge < -0.3 is 14.7 Å². The highest BCUT2D eigenvalue weighted by Gasteiger charge is 2.33. The van der Waals surface area contributed by atoms with E-state index in [-0.39, 0.29) is 12.1 Å². The molecule has 122 valence electrons. The Kier molecular flexibility index (Phi) is 4.37. The van der Waals surface area contributed by atoms with Crippen LogP contribution in [0.3, 0.4) is 0 Å². The van der Waals surface area contributed by atoms with Gasteiger partial charge in [0.15, 0.2) is 5.76 Å². The lowest BCUT2D eigenvalue weighted by atomic mass is 10.1. The van der Waals surface area contributed by atoms with Crippen molar-refractivity contribution in [3.63, 3.8) is 0 Å². The molecule has 1 aliphatic heterocycles. The van der Waals surface area contributed by atoms with E-state index in [1.807, 2.05) is 49.9 Å². The van der Waals surface area contributed by atoms with E-state index in [2.05, 4.69) is 10.5 Å². The molecule has 3 rings (SSSR count). The number of aryl methyl sites for hydroxylation is 3. The number of nitrogens with zero attached hydrogens (tertiary/aromatic N) is 2. The number of likely N-dealkylation sites (tertiary alicyclic amines) is 1. The molecule has 0 bridgehead atoms. The summed E-state index contributed by atoms with van der Waals surface area (Å²) >= 11 is 0. The molecule has 1 N–H and O–H groups in total. The van der Waals surface area contributed by atoms with Crippen molar-refractivity contribution in [3.05, 3.63) is 46.8 Å². The van der Waals surface area contributed by atoms with Gasteiger partial charge in [-0.1, -0.05) is 24.2 Å². The first-order chi connectivity index (χ1) is 11.1. The maximum Gasteiger partial charge on any atom is 0.322 e. The Bertz CT molecular complexity index is 708. The van der Waals surface area contributed by atoms with E-state index < -0.39 is 0 Å². The first-order valence-corrected chi connectivity index (χ1v) is 8.19. The van der Waals surface area contributed by atoms with E-state index in [9.17, 15) is 4.79 Å². The molecule has 0 unspecified atom stereocenters. The van der Waals surface area contributed by atoms with Gasteiger partial charge in [0.2, 0.25) is 0 Å². The van der Waals surface area contributed by atoms with Crippen LogP contribution < -0.4 is 5.32 Å². The minimum absolute atomic E-state index is 0.0204. The third-order valence-corrected chi connectivity index (χ3v) is 4.42. The number of hydrogen-bond donors (Lipinski definition) is 1. The SMILES string of the molecule is CCc1cc([C@@H]2CCCN2C(=O)Nc2cc(C)ccc2C)on1. The second-order valence-corrected chi connectivity index (χ2v) is 6.17. The van der Waals surface area contributed by atoms with Gasteiger partial charge in [0, 0.05) is 18.3 Å². The van der Waals surface area contributed by atoms with E-state index in [1.54, 1.807) is 0 Å². The second kappa shape index (κ2) is 6.44. The summed E-state index contributed by atoms with van der Waals surface area (Å²) in [5.74, 6) is 0.787. The average molecular weight is 313 g/mol. The fourth-order valence-electron chi connectivity index (χ4n) is 3.02. The van der Waals surface area contributed by atoms with Crippen molar-refractivity contribution in [3.8, 4) is 0 Å². The van der Waals surface area contributed by atoms with Crippen LogP contribution >= 0.6 is 0 Å². The highest BCUT2D eigenvalue weighted by molar-refractivity contribution is 5.90. The maximum absolute atomic E-state index is 12.7. The van der Waals surface area contributed by atoms with Crippen molar-refractivity contribution in [1.29, 1.82) is 0 Å². The van der Waals surface area contributed by atoms with Crippen LogP contribution in [-0.2, 0) is 6.42 Å². The molecule has 1 saturated heterocycles. The van der Waals surface area contributed by atoms with Crippen LogP contribution in [0.2, 0.25) is 0 Å². The molecule has 2 aromatic rings. The first-order valence-electron chi connectivity index (χ1n) is 8.19. The highest BCUT2D eigenvalue weighted by atomic mass is 16.5. The molecule has 2 heterocycles. The fraction of sp³-hybridized carbons (Fsp3) is 0.444. The summed E-state index contributed by atoms with van der Waals surface area (Å²) in [5, 5.41) is 7.09. The van der Waals surface area contributed by atoms with Gasteiger partial charge in [-0.3, -0.25) is 0 Å². The van der Waals surface area contributed by atoms with Crippen molar-refractivity contribution >= 4 is 11.7 Å². The Hall–Kier alpha value is -2.30. The molecule has 0 aliphatic carbocycles. The second-order valence-electron chi connectivity index (χ2n) is 6.17. The molecule has 1 aliphatic rings. The zero-order valence-corrected chi connectivity index (χ0v) is 13.9. The van der Waals surface area contributed by atoms with Crippen LogP contribution in [0.1, 0.15) is 48.4 Å². The molecular formula is C18H23N3O2. The van der Waals surface area contributed by atoms with Gasteiger partial charge in [-0.2, -0.15) is 0 Å². The predicted octanol–water partition coefficient (Wildman–Crippen LogP) is 4.22. The maximum atomic E-state index is 12.7. The molecule has 23 heavy (non-hydrogen) atoms. The molecule has 5 heteroatoms. The smallest absolute Gasteiger partial charge is 0.322 e. The summed E-state index contributed by atoms with van der Waals surface area (Å²) in [6.45, 7) is 6.81. The summed E-state index contributed by atoms with van der Waals surface area (Å²) in [5.41, 5.74) is 3.99.